The Morgan fingerprint density at radius 1 is 1.03 bits per heavy atom. The van der Waals surface area contributed by atoms with Gasteiger partial charge in [0.15, 0.2) is 0 Å². The molecule has 0 heterocycles. The number of benzene rings is 3. The molecule has 1 atom stereocenters. The third kappa shape index (κ3) is 6.45. The second-order valence-corrected chi connectivity index (χ2v) is 8.90. The van der Waals surface area contributed by atoms with Crippen LogP contribution in [0, 0.1) is 5.82 Å². The molecule has 0 aromatic heterocycles. The largest absolute Gasteiger partial charge is 0.495 e. The minimum Gasteiger partial charge on any atom is -0.495 e. The summed E-state index contributed by atoms with van der Waals surface area (Å²) in [6.45, 7) is 0. The van der Waals surface area contributed by atoms with Gasteiger partial charge in [0.2, 0.25) is 5.91 Å². The van der Waals surface area contributed by atoms with Crippen molar-refractivity contribution in [3.63, 3.8) is 0 Å². The molecule has 9 nitrogen and oxygen atoms in total. The van der Waals surface area contributed by atoms with Crippen LogP contribution >= 0.6 is 0 Å². The van der Waals surface area contributed by atoms with Crippen LogP contribution in [-0.2, 0) is 21.2 Å². The number of anilines is 2. The molecule has 0 aliphatic carbocycles. The Balaban J connectivity index is 1.82. The Morgan fingerprint density at radius 2 is 1.71 bits per heavy atom. The monoisotopic (exact) mass is 486 g/mol. The normalized spacial score (nSPS) is 11.8. The van der Waals surface area contributed by atoms with Crippen molar-refractivity contribution in [2.24, 2.45) is 5.73 Å². The van der Waals surface area contributed by atoms with Crippen LogP contribution in [-0.4, -0.2) is 33.5 Å². The Labute approximate surface area is 196 Å². The topological polar surface area (TPSA) is 140 Å². The standard InChI is InChI=1S/C23H23FN4O5S/c1-33-21-12-9-17(14-19(21)28-34(31,32)18-10-7-16(24)8-11-18)26-22(29)20(27-23(25)30)13-15-5-3-2-4-6-15/h2-12,14,20,28H,13H2,1H3,(H,26,29)(H3,25,27,30). The number of sulfonamides is 1. The van der Waals surface area contributed by atoms with Crippen LogP contribution in [0.2, 0.25) is 0 Å². The number of ether oxygens (including phenoxy) is 1. The second-order valence-electron chi connectivity index (χ2n) is 7.21. The molecule has 3 aromatic rings. The van der Waals surface area contributed by atoms with Crippen molar-refractivity contribution in [3.8, 4) is 5.75 Å². The number of halogens is 1. The molecule has 0 saturated carbocycles. The van der Waals surface area contributed by atoms with E-state index in [0.29, 0.717) is 0 Å². The molecule has 0 bridgehead atoms. The first-order chi connectivity index (χ1) is 16.2. The molecule has 0 saturated heterocycles. The number of carbonyl (C=O) groups excluding carboxylic acids is 2. The fourth-order valence-corrected chi connectivity index (χ4v) is 4.20. The van der Waals surface area contributed by atoms with E-state index in [-0.39, 0.29) is 28.4 Å². The lowest BCUT2D eigenvalue weighted by molar-refractivity contribution is -0.117. The molecule has 0 fully saturated rings. The number of primary amides is 1. The highest BCUT2D eigenvalue weighted by molar-refractivity contribution is 7.92. The van der Waals surface area contributed by atoms with Gasteiger partial charge < -0.3 is 21.1 Å². The molecule has 3 aromatic carbocycles. The Morgan fingerprint density at radius 3 is 2.32 bits per heavy atom. The van der Waals surface area contributed by atoms with Gasteiger partial charge in [-0.1, -0.05) is 30.3 Å². The van der Waals surface area contributed by atoms with Crippen LogP contribution < -0.4 is 25.8 Å². The summed E-state index contributed by atoms with van der Waals surface area (Å²) < 4.78 is 46.2. The molecule has 0 aliphatic rings. The number of nitrogens with one attached hydrogen (secondary N) is 3. The Hall–Kier alpha value is -4.12. The van der Waals surface area contributed by atoms with Crippen LogP contribution in [0.5, 0.6) is 5.75 Å². The maximum absolute atomic E-state index is 13.2. The molecule has 1 unspecified atom stereocenters. The number of hydrogen-bond acceptors (Lipinski definition) is 5. The van der Waals surface area contributed by atoms with Crippen LogP contribution in [0.4, 0.5) is 20.6 Å². The molecule has 11 heteroatoms. The summed E-state index contributed by atoms with van der Waals surface area (Å²) in [6.07, 6.45) is 0.190. The Kier molecular flexibility index (Phi) is 7.69. The van der Waals surface area contributed by atoms with Crippen molar-refractivity contribution in [1.29, 1.82) is 0 Å². The zero-order valence-corrected chi connectivity index (χ0v) is 18.9. The molecule has 0 spiro atoms. The lowest BCUT2D eigenvalue weighted by Crippen LogP contribution is -2.47. The smallest absolute Gasteiger partial charge is 0.312 e. The van der Waals surface area contributed by atoms with Gasteiger partial charge in [0.1, 0.15) is 17.6 Å². The van der Waals surface area contributed by atoms with E-state index >= 15 is 0 Å². The third-order valence-corrected chi connectivity index (χ3v) is 6.13. The first-order valence-corrected chi connectivity index (χ1v) is 11.5. The minimum atomic E-state index is -4.06. The molecule has 0 radical (unpaired) electrons. The fraction of sp³-hybridized carbons (Fsp3) is 0.130. The van der Waals surface area contributed by atoms with E-state index in [1.165, 1.54) is 25.3 Å². The maximum atomic E-state index is 13.2. The Bertz CT molecular complexity index is 1270. The predicted octanol–water partition coefficient (Wildman–Crippen LogP) is 2.85. The number of carbonyl (C=O) groups is 2. The zero-order valence-electron chi connectivity index (χ0n) is 18.1. The quantitative estimate of drug-likeness (QED) is 0.368. The highest BCUT2D eigenvalue weighted by Gasteiger charge is 2.22. The SMILES string of the molecule is COc1ccc(NC(=O)C(Cc2ccccc2)NC(N)=O)cc1NS(=O)(=O)c1ccc(F)cc1. The van der Waals surface area contributed by atoms with Gasteiger partial charge in [0.25, 0.3) is 10.0 Å². The van der Waals surface area contributed by atoms with Gasteiger partial charge in [0, 0.05) is 12.1 Å². The lowest BCUT2D eigenvalue weighted by Gasteiger charge is -2.18. The maximum Gasteiger partial charge on any atom is 0.312 e. The molecule has 0 aliphatic heterocycles. The second kappa shape index (κ2) is 10.7. The van der Waals surface area contributed by atoms with Gasteiger partial charge in [0.05, 0.1) is 17.7 Å². The molecule has 3 rings (SSSR count). The summed E-state index contributed by atoms with van der Waals surface area (Å²) in [6, 6.07) is 15.9. The summed E-state index contributed by atoms with van der Waals surface area (Å²) in [4.78, 5) is 24.1. The van der Waals surface area contributed by atoms with Crippen molar-refractivity contribution >= 4 is 33.3 Å². The van der Waals surface area contributed by atoms with E-state index in [4.69, 9.17) is 10.5 Å². The number of nitrogens with two attached hydrogens (primary N) is 1. The van der Waals surface area contributed by atoms with Crippen molar-refractivity contribution in [2.45, 2.75) is 17.4 Å². The van der Waals surface area contributed by atoms with E-state index in [2.05, 4.69) is 15.4 Å². The van der Waals surface area contributed by atoms with Crippen molar-refractivity contribution in [3.05, 3.63) is 84.2 Å². The number of methoxy groups -OCH3 is 1. The molecule has 3 amide bonds. The molecule has 178 valence electrons. The molecule has 5 N–H and O–H groups in total. The summed E-state index contributed by atoms with van der Waals surface area (Å²) >= 11 is 0. The summed E-state index contributed by atoms with van der Waals surface area (Å²) in [7, 11) is -2.71. The van der Waals surface area contributed by atoms with Crippen LogP contribution in [0.15, 0.2) is 77.7 Å². The van der Waals surface area contributed by atoms with Gasteiger partial charge in [-0.05, 0) is 48.0 Å². The van der Waals surface area contributed by atoms with E-state index in [9.17, 15) is 22.4 Å². The number of urea groups is 1. The van der Waals surface area contributed by atoms with Gasteiger partial charge >= 0.3 is 6.03 Å². The van der Waals surface area contributed by atoms with E-state index in [1.54, 1.807) is 24.3 Å². The van der Waals surface area contributed by atoms with Crippen molar-refractivity contribution in [2.75, 3.05) is 17.1 Å². The predicted molar refractivity (Wildman–Crippen MR) is 125 cm³/mol. The third-order valence-electron chi connectivity index (χ3n) is 4.75. The highest BCUT2D eigenvalue weighted by Crippen LogP contribution is 2.30. The number of amides is 3. The number of hydrogen-bond donors (Lipinski definition) is 4. The van der Waals surface area contributed by atoms with E-state index < -0.39 is 33.8 Å². The van der Waals surface area contributed by atoms with Gasteiger partial charge in [-0.3, -0.25) is 9.52 Å². The fourth-order valence-electron chi connectivity index (χ4n) is 3.14. The van der Waals surface area contributed by atoms with Gasteiger partial charge in [-0.15, -0.1) is 0 Å². The average molecular weight is 487 g/mol. The molecular formula is C23H23FN4O5S. The van der Waals surface area contributed by atoms with E-state index in [1.807, 2.05) is 6.07 Å². The molecule has 34 heavy (non-hydrogen) atoms. The summed E-state index contributed by atoms with van der Waals surface area (Å²) in [5.41, 5.74) is 6.32. The first kappa shape index (κ1) is 24.5. The van der Waals surface area contributed by atoms with Crippen LogP contribution in [0.3, 0.4) is 0 Å². The highest BCUT2D eigenvalue weighted by atomic mass is 32.2. The first-order valence-electron chi connectivity index (χ1n) is 10.0. The summed E-state index contributed by atoms with van der Waals surface area (Å²) in [5, 5.41) is 5.05. The van der Waals surface area contributed by atoms with Crippen molar-refractivity contribution < 1.29 is 27.1 Å². The van der Waals surface area contributed by atoms with Gasteiger partial charge in [-0.2, -0.15) is 0 Å². The number of rotatable bonds is 9. The van der Waals surface area contributed by atoms with Gasteiger partial charge in [-0.25, -0.2) is 17.6 Å². The van der Waals surface area contributed by atoms with Crippen LogP contribution in [0.1, 0.15) is 5.56 Å². The minimum absolute atomic E-state index is 0.0482. The van der Waals surface area contributed by atoms with E-state index in [0.717, 1.165) is 29.8 Å². The molecular weight excluding hydrogens is 463 g/mol. The van der Waals surface area contributed by atoms with Crippen LogP contribution in [0.25, 0.3) is 0 Å². The lowest BCUT2D eigenvalue weighted by atomic mass is 10.1. The zero-order chi connectivity index (χ0) is 24.7. The average Bonchev–Trinajstić information content (AvgIpc) is 2.79. The van der Waals surface area contributed by atoms with Crippen molar-refractivity contribution in [1.82, 2.24) is 5.32 Å². The summed E-state index contributed by atoms with van der Waals surface area (Å²) in [5.74, 6) is -0.934.